The predicted octanol–water partition coefficient (Wildman–Crippen LogP) is 0.564. The second-order valence-electron chi connectivity index (χ2n) is 7.53. The molecule has 3 aliphatic rings. The molecule has 0 bridgehead atoms. The topological polar surface area (TPSA) is 106 Å². The van der Waals surface area contributed by atoms with Gasteiger partial charge in [0.2, 0.25) is 0 Å². The summed E-state index contributed by atoms with van der Waals surface area (Å²) in [7, 11) is 0. The van der Waals surface area contributed by atoms with E-state index in [2.05, 4.69) is 25.5 Å². The monoisotopic (exact) mass is 386 g/mol. The second-order valence-corrected chi connectivity index (χ2v) is 7.53. The number of ether oxygens (including phenoxy) is 1. The summed E-state index contributed by atoms with van der Waals surface area (Å²) in [6, 6.07) is 1.65. The van der Waals surface area contributed by atoms with E-state index in [1.807, 2.05) is 12.3 Å². The Morgan fingerprint density at radius 3 is 3.11 bits per heavy atom. The number of aromatic nitrogens is 2. The molecule has 28 heavy (non-hydrogen) atoms. The molecule has 3 aliphatic heterocycles. The van der Waals surface area contributed by atoms with Crippen molar-refractivity contribution in [2.75, 3.05) is 25.1 Å². The first-order chi connectivity index (χ1) is 13.6. The molecule has 0 aromatic carbocycles. The molecule has 2 aromatic rings. The van der Waals surface area contributed by atoms with Gasteiger partial charge in [0.05, 0.1) is 17.9 Å². The summed E-state index contributed by atoms with van der Waals surface area (Å²) >= 11 is 0. The summed E-state index contributed by atoms with van der Waals surface area (Å²) in [5.41, 5.74) is 9.26. The van der Waals surface area contributed by atoms with Crippen molar-refractivity contribution in [1.82, 2.24) is 20.2 Å². The average Bonchev–Trinajstić information content (AvgIpc) is 3.30. The van der Waals surface area contributed by atoms with Crippen LogP contribution in [-0.4, -0.2) is 47.3 Å². The Bertz CT molecular complexity index is 919. The SMILES string of the molecule is NC1COCCC1Nc1nc(-c2cc3n(c2)CCNC3)c2c(c1F)CNC2=O. The van der Waals surface area contributed by atoms with E-state index in [9.17, 15) is 4.79 Å². The summed E-state index contributed by atoms with van der Waals surface area (Å²) in [5, 5.41) is 9.22. The first kappa shape index (κ1) is 17.6. The van der Waals surface area contributed by atoms with Crippen molar-refractivity contribution in [2.24, 2.45) is 5.73 Å². The third-order valence-electron chi connectivity index (χ3n) is 5.71. The number of amides is 1. The van der Waals surface area contributed by atoms with Crippen LogP contribution in [0.3, 0.4) is 0 Å². The molecule has 9 heteroatoms. The molecular formula is C19H23FN6O2. The molecular weight excluding hydrogens is 363 g/mol. The normalized spacial score (nSPS) is 23.9. The summed E-state index contributed by atoms with van der Waals surface area (Å²) in [4.78, 5) is 17.0. The van der Waals surface area contributed by atoms with E-state index < -0.39 is 5.82 Å². The number of nitrogens with two attached hydrogens (primary N) is 1. The number of carbonyl (C=O) groups excluding carboxylic acids is 1. The van der Waals surface area contributed by atoms with E-state index in [1.54, 1.807) is 0 Å². The van der Waals surface area contributed by atoms with Gasteiger partial charge < -0.3 is 31.0 Å². The fourth-order valence-electron chi connectivity index (χ4n) is 4.16. The van der Waals surface area contributed by atoms with Crippen LogP contribution in [0.5, 0.6) is 0 Å². The van der Waals surface area contributed by atoms with Crippen LogP contribution in [-0.2, 0) is 24.4 Å². The zero-order valence-electron chi connectivity index (χ0n) is 15.4. The fraction of sp³-hybridized carbons (Fsp3) is 0.474. The molecule has 1 saturated heterocycles. The van der Waals surface area contributed by atoms with Gasteiger partial charge in [-0.1, -0.05) is 0 Å². The number of hydrogen-bond acceptors (Lipinski definition) is 6. The lowest BCUT2D eigenvalue weighted by Gasteiger charge is -2.30. The zero-order chi connectivity index (χ0) is 19.3. The quantitative estimate of drug-likeness (QED) is 0.614. The lowest BCUT2D eigenvalue weighted by Crippen LogP contribution is -2.48. The van der Waals surface area contributed by atoms with Gasteiger partial charge in [-0.25, -0.2) is 9.37 Å². The van der Waals surface area contributed by atoms with Gasteiger partial charge in [-0.15, -0.1) is 0 Å². The Morgan fingerprint density at radius 2 is 2.29 bits per heavy atom. The van der Waals surface area contributed by atoms with E-state index >= 15 is 4.39 Å². The van der Waals surface area contributed by atoms with Crippen molar-refractivity contribution >= 4 is 11.7 Å². The molecule has 5 N–H and O–H groups in total. The Hall–Kier alpha value is -2.49. The van der Waals surface area contributed by atoms with E-state index in [1.165, 1.54) is 0 Å². The minimum atomic E-state index is -0.485. The molecule has 2 aromatic heterocycles. The van der Waals surface area contributed by atoms with Gasteiger partial charge in [-0.2, -0.15) is 0 Å². The largest absolute Gasteiger partial charge is 0.380 e. The average molecular weight is 386 g/mol. The van der Waals surface area contributed by atoms with Gasteiger partial charge >= 0.3 is 0 Å². The highest BCUT2D eigenvalue weighted by Crippen LogP contribution is 2.34. The number of nitrogens with zero attached hydrogens (tertiary/aromatic N) is 2. The molecule has 1 amide bonds. The van der Waals surface area contributed by atoms with E-state index in [-0.39, 0.29) is 30.4 Å². The number of hydrogen-bond donors (Lipinski definition) is 4. The maximum Gasteiger partial charge on any atom is 0.254 e. The van der Waals surface area contributed by atoms with Crippen LogP contribution in [0.15, 0.2) is 12.3 Å². The van der Waals surface area contributed by atoms with Crippen LogP contribution in [0.2, 0.25) is 0 Å². The number of anilines is 1. The highest BCUT2D eigenvalue weighted by atomic mass is 19.1. The lowest BCUT2D eigenvalue weighted by atomic mass is 10.0. The van der Waals surface area contributed by atoms with Gasteiger partial charge in [0.1, 0.15) is 0 Å². The zero-order valence-corrected chi connectivity index (χ0v) is 15.4. The van der Waals surface area contributed by atoms with Crippen molar-refractivity contribution < 1.29 is 13.9 Å². The molecule has 0 radical (unpaired) electrons. The summed E-state index contributed by atoms with van der Waals surface area (Å²) < 4.78 is 22.7. The first-order valence-corrected chi connectivity index (χ1v) is 9.62. The predicted molar refractivity (Wildman–Crippen MR) is 101 cm³/mol. The standard InChI is InChI=1S/C19H23FN6O2/c20-16-12-7-23-19(27)15(12)17(10-5-11-6-22-2-3-26(11)8-10)25-18(16)24-14-1-4-28-9-13(14)21/h5,8,13-14,22H,1-4,6-7,9,21H2,(H,23,27)(H,24,25). The Kier molecular flexibility index (Phi) is 4.30. The fourth-order valence-corrected chi connectivity index (χ4v) is 4.16. The van der Waals surface area contributed by atoms with Gasteiger partial charge in [0.15, 0.2) is 11.6 Å². The molecule has 2 unspecified atom stereocenters. The van der Waals surface area contributed by atoms with Gasteiger partial charge in [0, 0.05) is 67.9 Å². The van der Waals surface area contributed by atoms with Crippen molar-refractivity contribution in [3.63, 3.8) is 0 Å². The minimum absolute atomic E-state index is 0.127. The number of nitrogens with one attached hydrogen (secondary N) is 3. The molecule has 5 heterocycles. The van der Waals surface area contributed by atoms with Gasteiger partial charge in [0.25, 0.3) is 5.91 Å². The van der Waals surface area contributed by atoms with E-state index in [0.717, 1.165) is 30.9 Å². The third-order valence-corrected chi connectivity index (χ3v) is 5.71. The van der Waals surface area contributed by atoms with Crippen LogP contribution in [0.1, 0.15) is 28.0 Å². The van der Waals surface area contributed by atoms with Crippen LogP contribution in [0.4, 0.5) is 10.2 Å². The number of rotatable bonds is 3. The van der Waals surface area contributed by atoms with Gasteiger partial charge in [-0.3, -0.25) is 4.79 Å². The Morgan fingerprint density at radius 1 is 1.39 bits per heavy atom. The number of carbonyl (C=O) groups is 1. The van der Waals surface area contributed by atoms with Crippen molar-refractivity contribution in [2.45, 2.75) is 38.1 Å². The highest BCUT2D eigenvalue weighted by Gasteiger charge is 2.32. The maximum atomic E-state index is 15.1. The second kappa shape index (κ2) is 6.84. The first-order valence-electron chi connectivity index (χ1n) is 9.62. The lowest BCUT2D eigenvalue weighted by molar-refractivity contribution is 0.0751. The van der Waals surface area contributed by atoms with Crippen molar-refractivity contribution in [3.05, 3.63) is 34.9 Å². The molecule has 0 saturated carbocycles. The van der Waals surface area contributed by atoms with Crippen molar-refractivity contribution in [3.8, 4) is 11.3 Å². The van der Waals surface area contributed by atoms with Crippen molar-refractivity contribution in [1.29, 1.82) is 0 Å². The van der Waals surface area contributed by atoms with Gasteiger partial charge in [-0.05, 0) is 12.5 Å². The summed E-state index contributed by atoms with van der Waals surface area (Å²) in [6.07, 6.45) is 2.67. The molecule has 0 aliphatic carbocycles. The summed E-state index contributed by atoms with van der Waals surface area (Å²) in [6.45, 7) is 3.68. The maximum absolute atomic E-state index is 15.1. The number of pyridine rings is 1. The molecule has 5 rings (SSSR count). The Labute approximate surface area is 161 Å². The summed E-state index contributed by atoms with van der Waals surface area (Å²) in [5.74, 6) is -0.621. The van der Waals surface area contributed by atoms with Crippen LogP contribution >= 0.6 is 0 Å². The number of halogens is 1. The van der Waals surface area contributed by atoms with Crippen LogP contribution in [0.25, 0.3) is 11.3 Å². The number of fused-ring (bicyclic) bond motifs is 2. The highest BCUT2D eigenvalue weighted by molar-refractivity contribution is 6.04. The molecule has 148 valence electrons. The molecule has 2 atom stereocenters. The third kappa shape index (κ3) is 2.86. The smallest absolute Gasteiger partial charge is 0.254 e. The molecule has 8 nitrogen and oxygen atoms in total. The van der Waals surface area contributed by atoms with E-state index in [0.29, 0.717) is 36.5 Å². The minimum Gasteiger partial charge on any atom is -0.380 e. The van der Waals surface area contributed by atoms with Crippen LogP contribution < -0.4 is 21.7 Å². The molecule has 1 fully saturated rings. The Balaban J connectivity index is 1.59. The molecule has 0 spiro atoms. The van der Waals surface area contributed by atoms with E-state index in [4.69, 9.17) is 10.5 Å². The van der Waals surface area contributed by atoms with Crippen LogP contribution in [0, 0.1) is 5.82 Å².